The van der Waals surface area contributed by atoms with Gasteiger partial charge in [0, 0.05) is 4.47 Å². The quantitative estimate of drug-likeness (QED) is 0.849. The molecule has 0 unspecified atom stereocenters. The second kappa shape index (κ2) is 5.02. The number of nitrogens with zero attached hydrogens (tertiary/aromatic N) is 3. The summed E-state index contributed by atoms with van der Waals surface area (Å²) >= 11 is 3.52. The summed E-state index contributed by atoms with van der Waals surface area (Å²) in [5.74, 6) is 0.721. The van der Waals surface area contributed by atoms with Crippen molar-refractivity contribution in [1.82, 2.24) is 15.2 Å². The maximum absolute atomic E-state index is 5.63. The molecule has 4 nitrogen and oxygen atoms in total. The molecule has 5 heteroatoms. The van der Waals surface area contributed by atoms with E-state index in [1.54, 1.807) is 0 Å². The Hall–Kier alpha value is -1.49. The molecule has 0 aliphatic carbocycles. The van der Waals surface area contributed by atoms with Crippen LogP contribution in [0.3, 0.4) is 0 Å². The molecule has 0 aliphatic rings. The molecule has 1 aromatic carbocycles. The Labute approximate surface area is 115 Å². The van der Waals surface area contributed by atoms with E-state index < -0.39 is 0 Å². The van der Waals surface area contributed by atoms with Crippen LogP contribution in [0.25, 0.3) is 0 Å². The number of hydrogen-bond acceptors (Lipinski definition) is 4. The van der Waals surface area contributed by atoms with Gasteiger partial charge in [0.05, 0.1) is 11.4 Å². The van der Waals surface area contributed by atoms with Gasteiger partial charge in [0.1, 0.15) is 5.75 Å². The first-order chi connectivity index (χ1) is 8.47. The summed E-state index contributed by atoms with van der Waals surface area (Å²) in [6, 6.07) is 4.16. The summed E-state index contributed by atoms with van der Waals surface area (Å²) in [4.78, 5) is 4.24. The van der Waals surface area contributed by atoms with E-state index in [-0.39, 0.29) is 6.01 Å². The Kier molecular flexibility index (Phi) is 3.61. The van der Waals surface area contributed by atoms with Crippen LogP contribution in [0.15, 0.2) is 16.6 Å². The first-order valence-electron chi connectivity index (χ1n) is 5.60. The van der Waals surface area contributed by atoms with Gasteiger partial charge in [-0.05, 0) is 51.0 Å². The molecule has 18 heavy (non-hydrogen) atoms. The average molecular weight is 308 g/mol. The smallest absolute Gasteiger partial charge is 0.341 e. The number of halogens is 1. The zero-order valence-corrected chi connectivity index (χ0v) is 12.4. The molecule has 94 valence electrons. The highest BCUT2D eigenvalue weighted by atomic mass is 79.9. The molecule has 0 radical (unpaired) electrons. The summed E-state index contributed by atoms with van der Waals surface area (Å²) in [6.45, 7) is 7.79. The van der Waals surface area contributed by atoms with Crippen molar-refractivity contribution < 1.29 is 4.74 Å². The van der Waals surface area contributed by atoms with E-state index >= 15 is 0 Å². The third-order valence-corrected chi connectivity index (χ3v) is 3.94. The van der Waals surface area contributed by atoms with Gasteiger partial charge in [-0.3, -0.25) is 0 Å². The van der Waals surface area contributed by atoms with Gasteiger partial charge in [-0.2, -0.15) is 4.98 Å². The summed E-state index contributed by atoms with van der Waals surface area (Å²) < 4.78 is 6.72. The van der Waals surface area contributed by atoms with Crippen molar-refractivity contribution in [3.63, 3.8) is 0 Å². The fourth-order valence-corrected chi connectivity index (χ4v) is 1.78. The second-order valence-electron chi connectivity index (χ2n) is 4.24. The molecule has 0 amide bonds. The predicted octanol–water partition coefficient (Wildman–Crippen LogP) is 3.66. The molecule has 0 saturated carbocycles. The van der Waals surface area contributed by atoms with E-state index in [9.17, 15) is 0 Å². The van der Waals surface area contributed by atoms with Crippen molar-refractivity contribution >= 4 is 15.9 Å². The van der Waals surface area contributed by atoms with Crippen LogP contribution in [0.1, 0.15) is 22.5 Å². The Morgan fingerprint density at radius 3 is 2.11 bits per heavy atom. The lowest BCUT2D eigenvalue weighted by Gasteiger charge is -2.08. The molecule has 0 fully saturated rings. The molecular weight excluding hydrogens is 294 g/mol. The van der Waals surface area contributed by atoms with E-state index in [4.69, 9.17) is 4.74 Å². The van der Waals surface area contributed by atoms with Crippen LogP contribution in [-0.4, -0.2) is 15.2 Å². The number of aryl methyl sites for hydroxylation is 4. The SMILES string of the molecule is Cc1cc(Oc2nnc(C)c(C)n2)cc(C)c1Br. The van der Waals surface area contributed by atoms with Crippen LogP contribution in [0.5, 0.6) is 11.8 Å². The van der Waals surface area contributed by atoms with E-state index in [1.165, 1.54) is 0 Å². The van der Waals surface area contributed by atoms with Crippen molar-refractivity contribution in [1.29, 1.82) is 0 Å². The normalized spacial score (nSPS) is 10.5. The zero-order valence-electron chi connectivity index (χ0n) is 10.8. The number of rotatable bonds is 2. The predicted molar refractivity (Wildman–Crippen MR) is 73.0 cm³/mol. The third kappa shape index (κ3) is 2.67. The molecule has 2 aromatic rings. The fourth-order valence-electron chi connectivity index (χ4n) is 1.55. The lowest BCUT2D eigenvalue weighted by Crippen LogP contribution is -1.99. The summed E-state index contributed by atoms with van der Waals surface area (Å²) in [7, 11) is 0. The Bertz CT molecular complexity index is 576. The molecular formula is C13H14BrN3O. The highest BCUT2D eigenvalue weighted by Gasteiger charge is 2.07. The average Bonchev–Trinajstić information content (AvgIpc) is 2.31. The minimum Gasteiger partial charge on any atom is -0.423 e. The zero-order chi connectivity index (χ0) is 13.3. The first-order valence-corrected chi connectivity index (χ1v) is 6.39. The van der Waals surface area contributed by atoms with Gasteiger partial charge in [0.2, 0.25) is 0 Å². The summed E-state index contributed by atoms with van der Waals surface area (Å²) in [5, 5.41) is 7.91. The molecule has 0 N–H and O–H groups in total. The molecule has 1 heterocycles. The van der Waals surface area contributed by atoms with Gasteiger partial charge < -0.3 is 4.74 Å². The van der Waals surface area contributed by atoms with Crippen LogP contribution < -0.4 is 4.74 Å². The van der Waals surface area contributed by atoms with Crippen LogP contribution in [0.4, 0.5) is 0 Å². The Morgan fingerprint density at radius 1 is 0.944 bits per heavy atom. The molecule has 0 saturated heterocycles. The van der Waals surface area contributed by atoms with Crippen LogP contribution in [-0.2, 0) is 0 Å². The van der Waals surface area contributed by atoms with E-state index in [0.717, 1.165) is 32.7 Å². The number of aromatic nitrogens is 3. The van der Waals surface area contributed by atoms with Crippen molar-refractivity contribution in [3.8, 4) is 11.8 Å². The number of benzene rings is 1. The van der Waals surface area contributed by atoms with Crippen LogP contribution in [0, 0.1) is 27.7 Å². The largest absolute Gasteiger partial charge is 0.423 e. The monoisotopic (exact) mass is 307 g/mol. The lowest BCUT2D eigenvalue weighted by atomic mass is 10.1. The second-order valence-corrected chi connectivity index (χ2v) is 5.03. The van der Waals surface area contributed by atoms with Crippen molar-refractivity contribution in [2.24, 2.45) is 0 Å². The van der Waals surface area contributed by atoms with E-state index in [1.807, 2.05) is 39.8 Å². The first kappa shape index (κ1) is 13.0. The standard InChI is InChI=1S/C13H14BrN3O/c1-7-5-11(6-8(2)12(7)14)18-13-15-9(3)10(4)16-17-13/h5-6H,1-4H3. The molecule has 0 aliphatic heterocycles. The van der Waals surface area contributed by atoms with Gasteiger partial charge in [0.15, 0.2) is 0 Å². The van der Waals surface area contributed by atoms with Gasteiger partial charge in [-0.1, -0.05) is 21.0 Å². The van der Waals surface area contributed by atoms with Crippen LogP contribution in [0.2, 0.25) is 0 Å². The van der Waals surface area contributed by atoms with Crippen LogP contribution >= 0.6 is 15.9 Å². The fraction of sp³-hybridized carbons (Fsp3) is 0.308. The summed E-state index contributed by atoms with van der Waals surface area (Å²) in [5.41, 5.74) is 3.86. The van der Waals surface area contributed by atoms with E-state index in [0.29, 0.717) is 0 Å². The minimum atomic E-state index is 0.277. The highest BCUT2D eigenvalue weighted by Crippen LogP contribution is 2.28. The molecule has 2 rings (SSSR count). The molecule has 0 bridgehead atoms. The Balaban J connectivity index is 2.31. The Morgan fingerprint density at radius 2 is 1.56 bits per heavy atom. The van der Waals surface area contributed by atoms with Crippen molar-refractivity contribution in [3.05, 3.63) is 39.1 Å². The van der Waals surface area contributed by atoms with Gasteiger partial charge in [0.25, 0.3) is 0 Å². The van der Waals surface area contributed by atoms with E-state index in [2.05, 4.69) is 31.1 Å². The maximum Gasteiger partial charge on any atom is 0.341 e. The lowest BCUT2D eigenvalue weighted by molar-refractivity contribution is 0.429. The third-order valence-electron chi connectivity index (χ3n) is 2.69. The summed E-state index contributed by atoms with van der Waals surface area (Å²) in [6.07, 6.45) is 0. The highest BCUT2D eigenvalue weighted by molar-refractivity contribution is 9.10. The molecule has 0 spiro atoms. The van der Waals surface area contributed by atoms with Gasteiger partial charge in [-0.25, -0.2) is 0 Å². The van der Waals surface area contributed by atoms with Gasteiger partial charge in [-0.15, -0.1) is 5.10 Å². The maximum atomic E-state index is 5.63. The molecule has 1 aromatic heterocycles. The van der Waals surface area contributed by atoms with Crippen molar-refractivity contribution in [2.45, 2.75) is 27.7 Å². The van der Waals surface area contributed by atoms with Gasteiger partial charge >= 0.3 is 6.01 Å². The minimum absolute atomic E-state index is 0.277. The topological polar surface area (TPSA) is 47.9 Å². The molecule has 0 atom stereocenters. The number of ether oxygens (including phenoxy) is 1. The van der Waals surface area contributed by atoms with Crippen molar-refractivity contribution in [2.75, 3.05) is 0 Å². The number of hydrogen-bond donors (Lipinski definition) is 0.